The molecule has 0 unspecified atom stereocenters. The molecule has 1 aliphatic heterocycles. The zero-order chi connectivity index (χ0) is 15.6. The van der Waals surface area contributed by atoms with Crippen molar-refractivity contribution in [2.45, 2.75) is 0 Å². The van der Waals surface area contributed by atoms with Crippen LogP contribution in [-0.4, -0.2) is 11.7 Å². The normalized spacial score (nSPS) is 14.9. The van der Waals surface area contributed by atoms with Crippen molar-refractivity contribution in [2.24, 2.45) is 0 Å². The fourth-order valence-electron chi connectivity index (χ4n) is 3.61. The van der Waals surface area contributed by atoms with Gasteiger partial charge in [-0.2, -0.15) is 0 Å². The molecule has 0 bridgehead atoms. The quantitative estimate of drug-likeness (QED) is 0.511. The lowest BCUT2D eigenvalue weighted by Crippen LogP contribution is -2.21. The van der Waals surface area contributed by atoms with Gasteiger partial charge in [0.15, 0.2) is 0 Å². The molecule has 0 spiro atoms. The van der Waals surface area contributed by atoms with Crippen molar-refractivity contribution in [3.63, 3.8) is 0 Å². The van der Waals surface area contributed by atoms with Crippen molar-refractivity contribution in [1.29, 1.82) is 5.41 Å². The van der Waals surface area contributed by atoms with Gasteiger partial charge in [0.1, 0.15) is 5.84 Å². The molecule has 1 heterocycles. The molecule has 5 rings (SSSR count). The highest BCUT2D eigenvalue weighted by Crippen LogP contribution is 2.38. The van der Waals surface area contributed by atoms with Crippen LogP contribution in [0.1, 0.15) is 5.56 Å². The van der Waals surface area contributed by atoms with Gasteiger partial charge in [-0.25, -0.2) is 0 Å². The van der Waals surface area contributed by atoms with Crippen LogP contribution in [0.3, 0.4) is 0 Å². The lowest BCUT2D eigenvalue weighted by Gasteiger charge is -2.13. The van der Waals surface area contributed by atoms with E-state index in [0.29, 0.717) is 5.57 Å². The first-order valence-electron chi connectivity index (χ1n) is 7.51. The number of carbonyl (C=O) groups is 1. The molecule has 3 heteroatoms. The van der Waals surface area contributed by atoms with Gasteiger partial charge in [0, 0.05) is 0 Å². The van der Waals surface area contributed by atoms with E-state index in [4.69, 9.17) is 5.41 Å². The van der Waals surface area contributed by atoms with Crippen molar-refractivity contribution in [3.05, 3.63) is 66.2 Å². The first-order valence-corrected chi connectivity index (χ1v) is 7.51. The van der Waals surface area contributed by atoms with Gasteiger partial charge in [0.25, 0.3) is 5.91 Å². The maximum absolute atomic E-state index is 12.1. The van der Waals surface area contributed by atoms with E-state index in [1.165, 1.54) is 26.9 Å². The van der Waals surface area contributed by atoms with E-state index in [1.807, 2.05) is 6.07 Å². The predicted octanol–water partition coefficient (Wildman–Crippen LogP) is 4.07. The van der Waals surface area contributed by atoms with Crippen molar-refractivity contribution >= 4 is 49.6 Å². The molecule has 0 atom stereocenters. The largest absolute Gasteiger partial charge is 0.307 e. The van der Waals surface area contributed by atoms with Gasteiger partial charge in [0.2, 0.25) is 0 Å². The number of hydrogen-bond donors (Lipinski definition) is 2. The van der Waals surface area contributed by atoms with Crippen molar-refractivity contribution < 1.29 is 4.79 Å². The van der Waals surface area contributed by atoms with Crippen LogP contribution in [0.5, 0.6) is 0 Å². The third-order valence-electron chi connectivity index (χ3n) is 4.60. The molecule has 108 valence electrons. The predicted molar refractivity (Wildman–Crippen MR) is 94.0 cm³/mol. The summed E-state index contributed by atoms with van der Waals surface area (Å²) in [5.74, 6) is -0.0549. The maximum atomic E-state index is 12.1. The summed E-state index contributed by atoms with van der Waals surface area (Å²) >= 11 is 0. The summed E-state index contributed by atoms with van der Waals surface area (Å²) in [6.45, 7) is 0. The Morgan fingerprint density at radius 2 is 1.43 bits per heavy atom. The van der Waals surface area contributed by atoms with Crippen molar-refractivity contribution in [1.82, 2.24) is 5.32 Å². The number of nitrogens with one attached hydrogen (secondary N) is 2. The van der Waals surface area contributed by atoms with Gasteiger partial charge in [0.05, 0.1) is 5.57 Å². The number of hydrogen-bond acceptors (Lipinski definition) is 2. The van der Waals surface area contributed by atoms with Crippen LogP contribution in [0.25, 0.3) is 37.9 Å². The average molecular weight is 296 g/mol. The van der Waals surface area contributed by atoms with Gasteiger partial charge >= 0.3 is 0 Å². The van der Waals surface area contributed by atoms with Crippen LogP contribution in [0, 0.1) is 5.41 Å². The molecule has 0 saturated heterocycles. The Morgan fingerprint density at radius 3 is 2.13 bits per heavy atom. The summed E-state index contributed by atoms with van der Waals surface area (Å²) < 4.78 is 0. The van der Waals surface area contributed by atoms with E-state index in [9.17, 15) is 4.79 Å². The zero-order valence-corrected chi connectivity index (χ0v) is 12.2. The molecule has 0 aromatic heterocycles. The van der Waals surface area contributed by atoms with Crippen LogP contribution < -0.4 is 5.32 Å². The Labute approximate surface area is 132 Å². The zero-order valence-electron chi connectivity index (χ0n) is 12.2. The number of amidine groups is 1. The minimum atomic E-state index is -0.204. The highest BCUT2D eigenvalue weighted by Gasteiger charge is 2.22. The lowest BCUT2D eigenvalue weighted by atomic mass is 9.90. The number of carbonyl (C=O) groups excluding carboxylic acids is 1. The highest BCUT2D eigenvalue weighted by atomic mass is 16.2. The smallest absolute Gasteiger partial charge is 0.257 e. The minimum absolute atomic E-state index is 0.149. The van der Waals surface area contributed by atoms with Crippen LogP contribution in [0.4, 0.5) is 0 Å². The second-order valence-electron chi connectivity index (χ2n) is 5.89. The third-order valence-corrected chi connectivity index (χ3v) is 4.60. The Hall–Kier alpha value is -3.20. The molecule has 4 aromatic rings. The molecule has 0 fully saturated rings. The van der Waals surface area contributed by atoms with Crippen LogP contribution >= 0.6 is 0 Å². The molecule has 1 amide bonds. The lowest BCUT2D eigenvalue weighted by molar-refractivity contribution is -0.114. The number of benzene rings is 4. The van der Waals surface area contributed by atoms with Crippen LogP contribution in [0.15, 0.2) is 60.7 Å². The molecule has 0 saturated carbocycles. The summed E-state index contributed by atoms with van der Waals surface area (Å²) in [6, 6.07) is 18.8. The fourth-order valence-corrected chi connectivity index (χ4v) is 3.61. The van der Waals surface area contributed by atoms with Gasteiger partial charge < -0.3 is 5.32 Å². The van der Waals surface area contributed by atoms with Gasteiger partial charge in [-0.1, -0.05) is 54.6 Å². The van der Waals surface area contributed by atoms with E-state index in [2.05, 4.69) is 53.8 Å². The molecule has 0 radical (unpaired) electrons. The Kier molecular flexibility index (Phi) is 2.24. The van der Waals surface area contributed by atoms with Gasteiger partial charge in [-0.3, -0.25) is 10.2 Å². The van der Waals surface area contributed by atoms with E-state index >= 15 is 0 Å². The number of amides is 1. The monoisotopic (exact) mass is 296 g/mol. The molecule has 3 nitrogen and oxygen atoms in total. The van der Waals surface area contributed by atoms with Crippen LogP contribution in [-0.2, 0) is 4.79 Å². The Balaban J connectivity index is 1.98. The minimum Gasteiger partial charge on any atom is -0.307 e. The Bertz CT molecular complexity index is 1150. The first kappa shape index (κ1) is 12.4. The van der Waals surface area contributed by atoms with Gasteiger partial charge in [-0.15, -0.1) is 0 Å². The van der Waals surface area contributed by atoms with Gasteiger partial charge in [-0.05, 0) is 44.0 Å². The highest BCUT2D eigenvalue weighted by molar-refractivity contribution is 6.37. The SMILES string of the molecule is N=C1C=C(c2ccc3ccc4cccc5ccc2c3c45)C(=O)N1. The van der Waals surface area contributed by atoms with E-state index in [0.717, 1.165) is 10.9 Å². The summed E-state index contributed by atoms with van der Waals surface area (Å²) in [6.07, 6.45) is 1.61. The van der Waals surface area contributed by atoms with E-state index in [-0.39, 0.29) is 11.7 Å². The molecular weight excluding hydrogens is 284 g/mol. The summed E-state index contributed by atoms with van der Waals surface area (Å²) in [5.41, 5.74) is 1.45. The summed E-state index contributed by atoms with van der Waals surface area (Å²) in [4.78, 5) is 12.1. The first-order chi connectivity index (χ1) is 11.2. The van der Waals surface area contributed by atoms with E-state index < -0.39 is 0 Å². The number of rotatable bonds is 1. The molecule has 1 aliphatic rings. The molecule has 4 aromatic carbocycles. The third kappa shape index (κ3) is 1.59. The standard InChI is InChI=1S/C20H12N2O/c21-17-10-16(20(23)22-17)14-8-6-13-5-4-11-2-1-3-12-7-9-15(14)19(13)18(11)12/h1-10H,(H2,21,22,23). The van der Waals surface area contributed by atoms with Crippen molar-refractivity contribution in [3.8, 4) is 0 Å². The maximum Gasteiger partial charge on any atom is 0.257 e. The molecule has 2 N–H and O–H groups in total. The van der Waals surface area contributed by atoms with E-state index in [1.54, 1.807) is 6.08 Å². The van der Waals surface area contributed by atoms with Crippen LogP contribution in [0.2, 0.25) is 0 Å². The Morgan fingerprint density at radius 1 is 0.783 bits per heavy atom. The molecule has 0 aliphatic carbocycles. The topological polar surface area (TPSA) is 53.0 Å². The summed E-state index contributed by atoms with van der Waals surface area (Å²) in [5, 5.41) is 17.3. The molecule has 23 heavy (non-hydrogen) atoms. The average Bonchev–Trinajstić information content (AvgIpc) is 2.91. The fraction of sp³-hybridized carbons (Fsp3) is 0. The second kappa shape index (κ2) is 4.17. The van der Waals surface area contributed by atoms with Crippen molar-refractivity contribution in [2.75, 3.05) is 0 Å². The second-order valence-corrected chi connectivity index (χ2v) is 5.89. The summed E-state index contributed by atoms with van der Waals surface area (Å²) in [7, 11) is 0. The molecular formula is C20H12N2O.